The molecule has 0 saturated carbocycles. The summed E-state index contributed by atoms with van der Waals surface area (Å²) < 4.78 is 9.75. The smallest absolute Gasteiger partial charge is 0.373 e. The van der Waals surface area contributed by atoms with Gasteiger partial charge in [0.05, 0.1) is 14.2 Å². The van der Waals surface area contributed by atoms with Crippen LogP contribution in [0.1, 0.15) is 11.1 Å². The molecule has 2 aromatic carbocycles. The highest BCUT2D eigenvalue weighted by Gasteiger charge is 2.09. The van der Waals surface area contributed by atoms with Crippen molar-refractivity contribution in [3.8, 4) is 0 Å². The van der Waals surface area contributed by atoms with E-state index < -0.39 is 5.97 Å². The fraction of sp³-hybridized carbons (Fsp3) is 0.105. The van der Waals surface area contributed by atoms with Gasteiger partial charge in [0, 0.05) is 0 Å². The Morgan fingerprint density at radius 2 is 1.27 bits per heavy atom. The third kappa shape index (κ3) is 3.85. The lowest BCUT2D eigenvalue weighted by molar-refractivity contribution is -0.139. The van der Waals surface area contributed by atoms with Crippen LogP contribution in [0.4, 0.5) is 0 Å². The summed E-state index contributed by atoms with van der Waals surface area (Å²) in [7, 11) is 2.77. The van der Waals surface area contributed by atoms with Crippen LogP contribution in [0, 0.1) is 0 Å². The number of hydrogen-bond acceptors (Lipinski definition) is 3. The highest BCUT2D eigenvalue weighted by molar-refractivity contribution is 5.88. The zero-order valence-electron chi connectivity index (χ0n) is 12.7. The molecule has 3 nitrogen and oxygen atoms in total. The van der Waals surface area contributed by atoms with E-state index >= 15 is 0 Å². The minimum Gasteiger partial charge on any atom is -0.490 e. The molecule has 0 unspecified atom stereocenters. The van der Waals surface area contributed by atoms with Crippen LogP contribution >= 0.6 is 0 Å². The van der Waals surface area contributed by atoms with Crippen molar-refractivity contribution in [2.75, 3.05) is 14.2 Å². The standard InChI is InChI=1S/C19H18O3/c1-21-18(19(20)22-2)14-13-17(15-9-5-3-6-10-15)16-11-7-4-8-12-16/h3-14H,1-2H3/b18-14+. The number of rotatable bonds is 5. The SMILES string of the molecule is COC(=O)/C(=C\C=C(c1ccccc1)c1ccccc1)OC. The van der Waals surface area contributed by atoms with Gasteiger partial charge in [0.2, 0.25) is 5.76 Å². The minimum absolute atomic E-state index is 0.159. The summed E-state index contributed by atoms with van der Waals surface area (Å²) in [6, 6.07) is 20.0. The number of carbonyl (C=O) groups excluding carboxylic acids is 1. The van der Waals surface area contributed by atoms with E-state index in [0.717, 1.165) is 16.7 Å². The minimum atomic E-state index is -0.501. The first-order chi connectivity index (χ1) is 10.8. The molecule has 0 heterocycles. The number of esters is 1. The highest BCUT2D eigenvalue weighted by atomic mass is 16.6. The van der Waals surface area contributed by atoms with E-state index in [1.54, 1.807) is 6.08 Å². The number of benzene rings is 2. The normalized spacial score (nSPS) is 10.7. The molecule has 0 amide bonds. The number of methoxy groups -OCH3 is 2. The maximum absolute atomic E-state index is 11.6. The maximum Gasteiger partial charge on any atom is 0.373 e. The Morgan fingerprint density at radius 3 is 1.68 bits per heavy atom. The molecule has 0 saturated heterocycles. The lowest BCUT2D eigenvalue weighted by atomic mass is 9.97. The zero-order chi connectivity index (χ0) is 15.8. The quantitative estimate of drug-likeness (QED) is 0.364. The molecule has 2 rings (SSSR count). The number of carbonyl (C=O) groups is 1. The van der Waals surface area contributed by atoms with Crippen molar-refractivity contribution < 1.29 is 14.3 Å². The number of allylic oxidation sites excluding steroid dienone is 2. The van der Waals surface area contributed by atoms with Gasteiger partial charge in [-0.1, -0.05) is 60.7 Å². The van der Waals surface area contributed by atoms with Gasteiger partial charge in [-0.25, -0.2) is 4.79 Å². The second-order valence-corrected chi connectivity index (χ2v) is 4.54. The number of hydrogen-bond donors (Lipinski definition) is 0. The van der Waals surface area contributed by atoms with Gasteiger partial charge >= 0.3 is 5.97 Å². The topological polar surface area (TPSA) is 35.5 Å². The van der Waals surface area contributed by atoms with Gasteiger partial charge in [-0.05, 0) is 28.9 Å². The predicted octanol–water partition coefficient (Wildman–Crippen LogP) is 3.82. The number of ether oxygens (including phenoxy) is 2. The summed E-state index contributed by atoms with van der Waals surface area (Å²) in [5.74, 6) is -0.342. The van der Waals surface area contributed by atoms with E-state index in [1.807, 2.05) is 66.7 Å². The summed E-state index contributed by atoms with van der Waals surface area (Å²) in [4.78, 5) is 11.6. The van der Waals surface area contributed by atoms with E-state index in [2.05, 4.69) is 4.74 Å². The van der Waals surface area contributed by atoms with E-state index in [1.165, 1.54) is 14.2 Å². The van der Waals surface area contributed by atoms with Gasteiger partial charge in [-0.15, -0.1) is 0 Å². The van der Waals surface area contributed by atoms with Crippen LogP contribution in [0.3, 0.4) is 0 Å². The lowest BCUT2D eigenvalue weighted by Crippen LogP contribution is -2.06. The summed E-state index contributed by atoms with van der Waals surface area (Å²) in [6.07, 6.45) is 3.49. The van der Waals surface area contributed by atoms with Gasteiger partial charge in [0.25, 0.3) is 0 Å². The van der Waals surface area contributed by atoms with Crippen molar-refractivity contribution in [1.29, 1.82) is 0 Å². The van der Waals surface area contributed by atoms with Crippen molar-refractivity contribution in [2.45, 2.75) is 0 Å². The van der Waals surface area contributed by atoms with Gasteiger partial charge < -0.3 is 9.47 Å². The fourth-order valence-electron chi connectivity index (χ4n) is 2.07. The van der Waals surface area contributed by atoms with Gasteiger partial charge in [0.1, 0.15) is 0 Å². The van der Waals surface area contributed by atoms with Crippen LogP contribution in [0.2, 0.25) is 0 Å². The molecular weight excluding hydrogens is 276 g/mol. The average molecular weight is 294 g/mol. The van der Waals surface area contributed by atoms with E-state index in [9.17, 15) is 4.79 Å². The first-order valence-electron chi connectivity index (χ1n) is 6.91. The van der Waals surface area contributed by atoms with E-state index in [4.69, 9.17) is 4.74 Å². The van der Waals surface area contributed by atoms with Crippen LogP contribution < -0.4 is 0 Å². The molecule has 3 heteroatoms. The Labute approximate surface area is 130 Å². The van der Waals surface area contributed by atoms with E-state index in [0.29, 0.717) is 0 Å². The van der Waals surface area contributed by atoms with Crippen LogP contribution in [-0.2, 0) is 14.3 Å². The summed E-state index contributed by atoms with van der Waals surface area (Å²) in [6.45, 7) is 0. The van der Waals surface area contributed by atoms with Gasteiger partial charge in [-0.2, -0.15) is 0 Å². The molecular formula is C19H18O3. The molecule has 0 aliphatic rings. The van der Waals surface area contributed by atoms with Crippen LogP contribution in [0.25, 0.3) is 5.57 Å². The molecule has 22 heavy (non-hydrogen) atoms. The Balaban J connectivity index is 2.48. The first kappa shape index (κ1) is 15.6. The Bertz CT molecular complexity index is 629. The van der Waals surface area contributed by atoms with Crippen LogP contribution in [0.5, 0.6) is 0 Å². The highest BCUT2D eigenvalue weighted by Crippen LogP contribution is 2.23. The molecule has 0 aliphatic heterocycles. The van der Waals surface area contributed by atoms with Crippen LogP contribution in [-0.4, -0.2) is 20.2 Å². The van der Waals surface area contributed by atoms with Crippen molar-refractivity contribution in [1.82, 2.24) is 0 Å². The van der Waals surface area contributed by atoms with Crippen LogP contribution in [0.15, 0.2) is 78.6 Å². The Hall–Kier alpha value is -2.81. The first-order valence-corrected chi connectivity index (χ1v) is 6.91. The zero-order valence-corrected chi connectivity index (χ0v) is 12.7. The second-order valence-electron chi connectivity index (χ2n) is 4.54. The lowest BCUT2D eigenvalue weighted by Gasteiger charge is -2.08. The fourth-order valence-corrected chi connectivity index (χ4v) is 2.07. The monoisotopic (exact) mass is 294 g/mol. The van der Waals surface area contributed by atoms with Crippen molar-refractivity contribution in [3.05, 3.63) is 89.7 Å². The molecule has 0 fully saturated rings. The second kappa shape index (κ2) is 7.84. The third-order valence-electron chi connectivity index (χ3n) is 3.18. The average Bonchev–Trinajstić information content (AvgIpc) is 2.60. The van der Waals surface area contributed by atoms with Crippen molar-refractivity contribution in [3.63, 3.8) is 0 Å². The maximum atomic E-state index is 11.6. The van der Waals surface area contributed by atoms with Gasteiger partial charge in [-0.3, -0.25) is 0 Å². The van der Waals surface area contributed by atoms with Crippen molar-refractivity contribution >= 4 is 11.5 Å². The Morgan fingerprint density at radius 1 is 0.773 bits per heavy atom. The molecule has 0 aromatic heterocycles. The Kier molecular flexibility index (Phi) is 5.55. The summed E-state index contributed by atoms with van der Waals surface area (Å²) in [5, 5.41) is 0. The third-order valence-corrected chi connectivity index (χ3v) is 3.18. The van der Waals surface area contributed by atoms with Gasteiger partial charge in [0.15, 0.2) is 0 Å². The molecule has 0 aliphatic carbocycles. The summed E-state index contributed by atoms with van der Waals surface area (Å²) in [5.41, 5.74) is 3.12. The molecule has 112 valence electrons. The molecule has 2 aromatic rings. The molecule has 0 N–H and O–H groups in total. The van der Waals surface area contributed by atoms with E-state index in [-0.39, 0.29) is 5.76 Å². The van der Waals surface area contributed by atoms with Crippen molar-refractivity contribution in [2.24, 2.45) is 0 Å². The largest absolute Gasteiger partial charge is 0.490 e. The molecule has 0 spiro atoms. The summed E-state index contributed by atoms with van der Waals surface area (Å²) >= 11 is 0. The molecule has 0 bridgehead atoms. The molecule has 0 atom stereocenters. The predicted molar refractivity (Wildman–Crippen MR) is 87.1 cm³/mol. The molecule has 0 radical (unpaired) electrons.